The maximum Gasteiger partial charge on any atom is 0.134 e. The molecule has 1 N–H and O–H groups in total. The van der Waals surface area contributed by atoms with Crippen molar-refractivity contribution in [3.8, 4) is 17.2 Å². The van der Waals surface area contributed by atoms with Gasteiger partial charge in [0.1, 0.15) is 11.4 Å². The van der Waals surface area contributed by atoms with Crippen LogP contribution in [-0.2, 0) is 29.7 Å². The lowest BCUT2D eigenvalue weighted by molar-refractivity contribution is -0.231. The summed E-state index contributed by atoms with van der Waals surface area (Å²) >= 11 is 0. The molecule has 0 saturated carbocycles. The summed E-state index contributed by atoms with van der Waals surface area (Å²) in [6.07, 6.45) is 6.96. The number of fused-ring (bicyclic) bond motifs is 4. The molecular weight excluding hydrogens is 418 g/mol. The first kappa shape index (κ1) is 21.1. The van der Waals surface area contributed by atoms with Crippen molar-refractivity contribution in [3.05, 3.63) is 94.5 Å². The molecule has 0 bridgehead atoms. The van der Waals surface area contributed by atoms with Crippen molar-refractivity contribution < 1.29 is 4.84 Å². The number of hydrogen-bond acceptors (Lipinski definition) is 3. The van der Waals surface area contributed by atoms with Crippen LogP contribution in [0.1, 0.15) is 53.5 Å². The molecule has 3 aliphatic rings. The molecule has 1 unspecified atom stereocenters. The molecule has 1 aliphatic heterocycles. The number of amidine groups is 1. The Morgan fingerprint density at radius 3 is 2.18 bits per heavy atom. The molecule has 1 heterocycles. The lowest BCUT2D eigenvalue weighted by atomic mass is 9.56. The number of nitrogens with one attached hydrogen (secondary N) is 1. The highest BCUT2D eigenvalue weighted by Crippen LogP contribution is 2.61. The van der Waals surface area contributed by atoms with Crippen molar-refractivity contribution in [2.75, 3.05) is 7.05 Å². The molecule has 0 amide bonds. The first-order valence-electron chi connectivity index (χ1n) is 12.2. The van der Waals surface area contributed by atoms with Crippen LogP contribution in [0, 0.1) is 22.2 Å². The van der Waals surface area contributed by atoms with E-state index < -0.39 is 5.60 Å². The van der Waals surface area contributed by atoms with E-state index in [9.17, 15) is 5.26 Å². The van der Waals surface area contributed by atoms with E-state index in [1.807, 2.05) is 25.2 Å². The summed E-state index contributed by atoms with van der Waals surface area (Å²) in [5.41, 5.74) is 7.75. The van der Waals surface area contributed by atoms with Crippen molar-refractivity contribution in [3.63, 3.8) is 0 Å². The molecule has 3 aromatic carbocycles. The van der Waals surface area contributed by atoms with Gasteiger partial charge >= 0.3 is 0 Å². The van der Waals surface area contributed by atoms with Gasteiger partial charge in [-0.25, -0.2) is 5.06 Å². The van der Waals surface area contributed by atoms with Gasteiger partial charge in [0.2, 0.25) is 0 Å². The van der Waals surface area contributed by atoms with Gasteiger partial charge in [-0.15, -0.1) is 0 Å². The van der Waals surface area contributed by atoms with E-state index in [1.165, 1.54) is 22.3 Å². The summed E-state index contributed by atoms with van der Waals surface area (Å²) in [7, 11) is 1.88. The summed E-state index contributed by atoms with van der Waals surface area (Å²) in [6, 6.07) is 25.7. The van der Waals surface area contributed by atoms with Crippen LogP contribution in [0.2, 0.25) is 0 Å². The molecule has 6 rings (SSSR count). The second kappa shape index (κ2) is 7.82. The smallest absolute Gasteiger partial charge is 0.134 e. The molecule has 4 heteroatoms. The second-order valence-electron chi connectivity index (χ2n) is 10.2. The zero-order chi connectivity index (χ0) is 23.3. The Morgan fingerprint density at radius 1 is 0.853 bits per heavy atom. The fourth-order valence-electron chi connectivity index (χ4n) is 6.65. The van der Waals surface area contributed by atoms with E-state index in [4.69, 9.17) is 10.2 Å². The van der Waals surface area contributed by atoms with Crippen LogP contribution in [0.5, 0.6) is 0 Å². The van der Waals surface area contributed by atoms with E-state index in [0.717, 1.165) is 49.7 Å². The SMILES string of the molecule is CN1OC2(CC1=N)c1cc(-c3cccc(C#N)c3)ccc1CCC21CCc2ccccc2CC1. The molecule has 1 saturated heterocycles. The maximum atomic E-state index is 9.39. The van der Waals surface area contributed by atoms with Gasteiger partial charge in [-0.2, -0.15) is 5.26 Å². The first-order valence-corrected chi connectivity index (χ1v) is 12.2. The minimum atomic E-state index is -0.530. The number of hydroxylamine groups is 2. The fraction of sp³-hybridized carbons (Fsp3) is 0.333. The summed E-state index contributed by atoms with van der Waals surface area (Å²) in [5.74, 6) is 0.547. The van der Waals surface area contributed by atoms with Gasteiger partial charge in [0.15, 0.2) is 0 Å². The molecular formula is C30H29N3O. The molecule has 1 fully saturated rings. The van der Waals surface area contributed by atoms with Crippen molar-refractivity contribution in [2.24, 2.45) is 5.41 Å². The lowest BCUT2D eigenvalue weighted by Gasteiger charge is -2.51. The second-order valence-corrected chi connectivity index (χ2v) is 10.2. The highest BCUT2D eigenvalue weighted by molar-refractivity contribution is 5.82. The van der Waals surface area contributed by atoms with Gasteiger partial charge in [-0.3, -0.25) is 10.2 Å². The quantitative estimate of drug-likeness (QED) is 0.485. The highest BCUT2D eigenvalue weighted by atomic mass is 16.7. The Bertz CT molecular complexity index is 1310. The molecule has 2 spiro atoms. The molecule has 2 aliphatic carbocycles. The standard InChI is InChI=1S/C30H29N3O/c1-33-28(32)19-30(34-33)27-18-26(25-8-4-5-21(17-25)20-31)10-9-24(27)13-16-29(30)14-11-22-6-2-3-7-23(22)12-15-29/h2-10,17-18,32H,11-16,19H2,1H3. The van der Waals surface area contributed by atoms with Gasteiger partial charge in [0.05, 0.1) is 11.6 Å². The van der Waals surface area contributed by atoms with E-state index in [1.54, 1.807) is 5.06 Å². The Labute approximate surface area is 201 Å². The van der Waals surface area contributed by atoms with E-state index >= 15 is 0 Å². The molecule has 0 aromatic heterocycles. The van der Waals surface area contributed by atoms with E-state index in [2.05, 4.69) is 54.6 Å². The molecule has 4 nitrogen and oxygen atoms in total. The van der Waals surface area contributed by atoms with Crippen molar-refractivity contribution in [1.29, 1.82) is 10.7 Å². The Kier molecular flexibility index (Phi) is 4.86. The average molecular weight is 448 g/mol. The third-order valence-electron chi connectivity index (χ3n) is 8.55. The maximum absolute atomic E-state index is 9.39. The summed E-state index contributed by atoms with van der Waals surface area (Å²) in [6.45, 7) is 0. The van der Waals surface area contributed by atoms with Gasteiger partial charge in [0, 0.05) is 18.9 Å². The van der Waals surface area contributed by atoms with Crippen LogP contribution in [0.15, 0.2) is 66.7 Å². The largest absolute Gasteiger partial charge is 0.287 e. The Hall–Kier alpha value is -3.42. The van der Waals surface area contributed by atoms with Gasteiger partial charge in [-0.1, -0.05) is 48.5 Å². The third kappa shape index (κ3) is 3.11. The number of benzene rings is 3. The van der Waals surface area contributed by atoms with Crippen molar-refractivity contribution in [1.82, 2.24) is 5.06 Å². The highest BCUT2D eigenvalue weighted by Gasteiger charge is 2.60. The number of rotatable bonds is 1. The van der Waals surface area contributed by atoms with Crippen LogP contribution in [0.4, 0.5) is 0 Å². The van der Waals surface area contributed by atoms with Crippen LogP contribution in [0.25, 0.3) is 11.1 Å². The lowest BCUT2D eigenvalue weighted by Crippen LogP contribution is -2.50. The van der Waals surface area contributed by atoms with Crippen molar-refractivity contribution >= 4 is 5.84 Å². The molecule has 170 valence electrons. The number of aryl methyl sites for hydroxylation is 3. The number of hydrogen-bond donors (Lipinski definition) is 1. The Morgan fingerprint density at radius 2 is 1.53 bits per heavy atom. The monoisotopic (exact) mass is 447 g/mol. The summed E-state index contributed by atoms with van der Waals surface area (Å²) < 4.78 is 0. The summed E-state index contributed by atoms with van der Waals surface area (Å²) in [5, 5.41) is 19.8. The zero-order valence-corrected chi connectivity index (χ0v) is 19.6. The predicted molar refractivity (Wildman–Crippen MR) is 133 cm³/mol. The van der Waals surface area contributed by atoms with E-state index in [0.29, 0.717) is 17.8 Å². The normalized spacial score (nSPS) is 22.8. The van der Waals surface area contributed by atoms with Crippen LogP contribution >= 0.6 is 0 Å². The van der Waals surface area contributed by atoms with Crippen LogP contribution in [0.3, 0.4) is 0 Å². The van der Waals surface area contributed by atoms with Gasteiger partial charge in [-0.05, 0) is 90.1 Å². The first-order chi connectivity index (χ1) is 16.5. The fourth-order valence-corrected chi connectivity index (χ4v) is 6.65. The average Bonchev–Trinajstić information content (AvgIpc) is 3.06. The van der Waals surface area contributed by atoms with Crippen molar-refractivity contribution in [2.45, 2.75) is 50.5 Å². The summed E-state index contributed by atoms with van der Waals surface area (Å²) in [4.78, 5) is 6.77. The molecule has 3 aromatic rings. The zero-order valence-electron chi connectivity index (χ0n) is 19.6. The molecule has 34 heavy (non-hydrogen) atoms. The van der Waals surface area contributed by atoms with E-state index in [-0.39, 0.29) is 5.41 Å². The number of nitriles is 1. The van der Waals surface area contributed by atoms with Crippen LogP contribution in [-0.4, -0.2) is 17.9 Å². The van der Waals surface area contributed by atoms with Crippen LogP contribution < -0.4 is 0 Å². The minimum Gasteiger partial charge on any atom is -0.287 e. The minimum absolute atomic E-state index is 0.0246. The Balaban J connectivity index is 1.49. The third-order valence-corrected chi connectivity index (χ3v) is 8.55. The topological polar surface area (TPSA) is 60.1 Å². The predicted octanol–water partition coefficient (Wildman–Crippen LogP) is 6.18. The number of nitrogens with zero attached hydrogens (tertiary/aromatic N) is 2. The molecule has 1 atom stereocenters. The van der Waals surface area contributed by atoms with Gasteiger partial charge in [0.25, 0.3) is 0 Å². The van der Waals surface area contributed by atoms with Gasteiger partial charge < -0.3 is 0 Å². The molecule has 0 radical (unpaired) electrons.